The van der Waals surface area contributed by atoms with Crippen molar-refractivity contribution in [1.82, 2.24) is 9.97 Å². The molecule has 3 fully saturated rings. The molecule has 0 N–H and O–H groups in total. The number of nitrogens with zero attached hydrogens (tertiary/aromatic N) is 3. The molecule has 3 saturated carbocycles. The van der Waals surface area contributed by atoms with Gasteiger partial charge in [0.2, 0.25) is 11.1 Å². The van der Waals surface area contributed by atoms with Crippen LogP contribution in [0.3, 0.4) is 0 Å². The first kappa shape index (κ1) is 11.4. The molecule has 6 heteroatoms. The monoisotopic (exact) mass is 263 g/mol. The summed E-state index contributed by atoms with van der Waals surface area (Å²) in [6, 6.07) is 1.89. The lowest BCUT2D eigenvalue weighted by atomic mass is 9.36. The van der Waals surface area contributed by atoms with E-state index in [0.717, 1.165) is 19.3 Å². The zero-order valence-corrected chi connectivity index (χ0v) is 10.3. The molecule has 3 aliphatic carbocycles. The number of aromatic nitrogens is 2. The van der Waals surface area contributed by atoms with Crippen molar-refractivity contribution in [3.05, 3.63) is 18.1 Å². The lowest BCUT2D eigenvalue weighted by Crippen LogP contribution is -2.66. The third-order valence-corrected chi connectivity index (χ3v) is 4.23. The molecule has 4 rings (SSSR count). The van der Waals surface area contributed by atoms with Crippen molar-refractivity contribution in [3.8, 4) is 11.9 Å². The van der Waals surface area contributed by atoms with Gasteiger partial charge in [0, 0.05) is 10.8 Å². The second-order valence-electron chi connectivity index (χ2n) is 5.22. The van der Waals surface area contributed by atoms with E-state index in [0.29, 0.717) is 12.5 Å². The Morgan fingerprint density at radius 1 is 1.44 bits per heavy atom. The molecule has 0 atom stereocenters. The summed E-state index contributed by atoms with van der Waals surface area (Å²) in [4.78, 5) is 19.0. The van der Waals surface area contributed by atoms with Gasteiger partial charge in [0.05, 0.1) is 19.0 Å². The lowest BCUT2D eigenvalue weighted by molar-refractivity contribution is -0.209. The molecule has 0 aliphatic heterocycles. The summed E-state index contributed by atoms with van der Waals surface area (Å²) in [5.74, 6) is 0.407. The third kappa shape index (κ3) is 1.57. The quantitative estimate of drug-likeness (QED) is 0.772. The summed E-state index contributed by atoms with van der Waals surface area (Å²) in [6.07, 6.45) is 5.25. The summed E-state index contributed by atoms with van der Waals surface area (Å²) >= 11 is 5.54. The van der Waals surface area contributed by atoms with Gasteiger partial charge in [-0.3, -0.25) is 4.79 Å². The maximum Gasteiger partial charge on any atom is 0.232 e. The predicted molar refractivity (Wildman–Crippen MR) is 61.8 cm³/mol. The maximum atomic E-state index is 11.1. The maximum absolute atomic E-state index is 11.1. The fourth-order valence-corrected chi connectivity index (χ4v) is 3.24. The number of ether oxygens (including phenoxy) is 1. The van der Waals surface area contributed by atoms with Gasteiger partial charge in [0.25, 0.3) is 0 Å². The van der Waals surface area contributed by atoms with E-state index in [4.69, 9.17) is 21.6 Å². The number of carbonyl (C=O) groups is 1. The first-order valence-electron chi connectivity index (χ1n) is 5.63. The third-order valence-electron chi connectivity index (χ3n) is 3.83. The zero-order chi connectivity index (χ0) is 12.8. The number of hydrogen-bond acceptors (Lipinski definition) is 5. The van der Waals surface area contributed by atoms with Crippen LogP contribution in [0.15, 0.2) is 12.4 Å². The molecule has 0 saturated heterocycles. The van der Waals surface area contributed by atoms with Crippen molar-refractivity contribution in [2.75, 3.05) is 6.61 Å². The van der Waals surface area contributed by atoms with Crippen molar-refractivity contribution in [2.24, 2.45) is 10.8 Å². The van der Waals surface area contributed by atoms with Crippen LogP contribution in [0, 0.1) is 22.2 Å². The Bertz CT molecular complexity index is 530. The first-order valence-corrected chi connectivity index (χ1v) is 6.00. The van der Waals surface area contributed by atoms with Crippen LogP contribution in [0.5, 0.6) is 5.88 Å². The predicted octanol–water partition coefficient (Wildman–Crippen LogP) is 1.66. The van der Waals surface area contributed by atoms with E-state index in [-0.39, 0.29) is 21.8 Å². The van der Waals surface area contributed by atoms with Gasteiger partial charge in [-0.1, -0.05) is 0 Å². The molecule has 3 aliphatic rings. The van der Waals surface area contributed by atoms with E-state index in [1.54, 1.807) is 0 Å². The van der Waals surface area contributed by atoms with Gasteiger partial charge in [0.15, 0.2) is 5.69 Å². The topological polar surface area (TPSA) is 75.9 Å². The molecule has 0 aromatic carbocycles. The molecule has 92 valence electrons. The van der Waals surface area contributed by atoms with Crippen molar-refractivity contribution in [1.29, 1.82) is 5.26 Å². The molecule has 18 heavy (non-hydrogen) atoms. The Hall–Kier alpha value is -1.67. The Labute approximate surface area is 109 Å². The summed E-state index contributed by atoms with van der Waals surface area (Å²) in [5, 5.41) is 8.36. The van der Waals surface area contributed by atoms with E-state index in [1.807, 2.05) is 6.07 Å². The average Bonchev–Trinajstić information content (AvgIpc) is 2.26. The van der Waals surface area contributed by atoms with Gasteiger partial charge < -0.3 is 4.74 Å². The minimum Gasteiger partial charge on any atom is -0.476 e. The Balaban J connectivity index is 1.55. The fraction of sp³-hybridized carbons (Fsp3) is 0.500. The standard InChI is InChI=1S/C12H10ClN3O2/c13-10(17)12-4-11(5-12,6-12)7-18-9-3-15-8(1-14)2-16-9/h2-3H,4-7H2. The van der Waals surface area contributed by atoms with Crippen LogP contribution < -0.4 is 4.74 Å². The van der Waals surface area contributed by atoms with Crippen LogP contribution >= 0.6 is 11.6 Å². The van der Waals surface area contributed by atoms with Crippen LogP contribution in [-0.4, -0.2) is 21.8 Å². The van der Waals surface area contributed by atoms with Gasteiger partial charge >= 0.3 is 0 Å². The van der Waals surface area contributed by atoms with Crippen molar-refractivity contribution in [3.63, 3.8) is 0 Å². The molecular formula is C12H10ClN3O2. The minimum absolute atomic E-state index is 0.0974. The largest absolute Gasteiger partial charge is 0.476 e. The van der Waals surface area contributed by atoms with Gasteiger partial charge in [0.1, 0.15) is 6.07 Å². The molecular weight excluding hydrogens is 254 g/mol. The Morgan fingerprint density at radius 2 is 2.17 bits per heavy atom. The first-order chi connectivity index (χ1) is 8.57. The highest BCUT2D eigenvalue weighted by Gasteiger charge is 2.71. The second-order valence-corrected chi connectivity index (χ2v) is 5.57. The number of halogens is 1. The summed E-state index contributed by atoms with van der Waals surface area (Å²) in [6.45, 7) is 0.527. The Morgan fingerprint density at radius 3 is 2.67 bits per heavy atom. The van der Waals surface area contributed by atoms with Crippen LogP contribution in [0.1, 0.15) is 25.0 Å². The van der Waals surface area contributed by atoms with E-state index < -0.39 is 0 Å². The number of carbonyl (C=O) groups excluding carboxylic acids is 1. The van der Waals surface area contributed by atoms with Gasteiger partial charge in [-0.05, 0) is 30.9 Å². The molecule has 1 aromatic heterocycles. The molecule has 5 nitrogen and oxygen atoms in total. The second kappa shape index (κ2) is 3.66. The molecule has 1 aromatic rings. The minimum atomic E-state index is -0.263. The smallest absolute Gasteiger partial charge is 0.232 e. The highest BCUT2D eigenvalue weighted by atomic mass is 35.5. The fourth-order valence-electron chi connectivity index (χ4n) is 3.04. The highest BCUT2D eigenvalue weighted by Crippen LogP contribution is 2.73. The van der Waals surface area contributed by atoms with Gasteiger partial charge in [-0.25, -0.2) is 9.97 Å². The molecule has 1 heterocycles. The average molecular weight is 264 g/mol. The van der Waals surface area contributed by atoms with Gasteiger partial charge in [-0.15, -0.1) is 0 Å². The van der Waals surface area contributed by atoms with Crippen LogP contribution in [0.2, 0.25) is 0 Å². The Kier molecular flexibility index (Phi) is 2.32. The summed E-state index contributed by atoms with van der Waals surface area (Å²) in [7, 11) is 0. The molecule has 0 radical (unpaired) electrons. The van der Waals surface area contributed by atoms with Crippen molar-refractivity contribution < 1.29 is 9.53 Å². The molecule has 0 spiro atoms. The number of hydrogen-bond donors (Lipinski definition) is 0. The van der Waals surface area contributed by atoms with Crippen molar-refractivity contribution >= 4 is 16.8 Å². The van der Waals surface area contributed by atoms with Gasteiger partial charge in [-0.2, -0.15) is 5.26 Å². The molecule has 2 bridgehead atoms. The van der Waals surface area contributed by atoms with E-state index >= 15 is 0 Å². The van der Waals surface area contributed by atoms with Crippen LogP contribution in [-0.2, 0) is 4.79 Å². The zero-order valence-electron chi connectivity index (χ0n) is 9.52. The number of nitriles is 1. The number of rotatable bonds is 4. The SMILES string of the molecule is N#Cc1cnc(OCC23CC(C(=O)Cl)(C2)C3)cn1. The van der Waals surface area contributed by atoms with Crippen LogP contribution in [0.25, 0.3) is 0 Å². The molecule has 0 unspecified atom stereocenters. The van der Waals surface area contributed by atoms with E-state index in [1.165, 1.54) is 12.4 Å². The van der Waals surface area contributed by atoms with Crippen molar-refractivity contribution in [2.45, 2.75) is 19.3 Å². The normalized spacial score (nSPS) is 31.8. The molecule has 0 amide bonds. The summed E-state index contributed by atoms with van der Waals surface area (Å²) < 4.78 is 5.54. The van der Waals surface area contributed by atoms with E-state index in [9.17, 15) is 4.79 Å². The highest BCUT2D eigenvalue weighted by molar-refractivity contribution is 6.65. The lowest BCUT2D eigenvalue weighted by Gasteiger charge is -2.68. The summed E-state index contributed by atoms with van der Waals surface area (Å²) in [5.41, 5.74) is 0.0982. The van der Waals surface area contributed by atoms with Crippen LogP contribution in [0.4, 0.5) is 0 Å². The van der Waals surface area contributed by atoms with E-state index in [2.05, 4.69) is 9.97 Å².